The number of benzene rings is 2. The average Bonchev–Trinajstić information content (AvgIpc) is 3.34. The van der Waals surface area contributed by atoms with Crippen LogP contribution in [0.1, 0.15) is 76.1 Å². The monoisotopic (exact) mass is 461 g/mol. The van der Waals surface area contributed by atoms with E-state index < -0.39 is 0 Å². The lowest BCUT2D eigenvalue weighted by molar-refractivity contribution is -0.116. The Bertz CT molecular complexity index is 1130. The van der Waals surface area contributed by atoms with Crippen molar-refractivity contribution in [3.05, 3.63) is 58.7 Å². The Morgan fingerprint density at radius 2 is 1.59 bits per heavy atom. The summed E-state index contributed by atoms with van der Waals surface area (Å²) in [7, 11) is 3.64. The highest BCUT2D eigenvalue weighted by Gasteiger charge is 2.41. The van der Waals surface area contributed by atoms with Crippen LogP contribution in [0.3, 0.4) is 0 Å². The maximum atomic E-state index is 13.2. The highest BCUT2D eigenvalue weighted by molar-refractivity contribution is 5.96. The first-order valence-corrected chi connectivity index (χ1v) is 12.4. The summed E-state index contributed by atoms with van der Waals surface area (Å²) in [4.78, 5) is 31.2. The molecule has 5 heteroatoms. The molecule has 0 saturated heterocycles. The number of hydrogen-bond acceptors (Lipinski definition) is 2. The van der Waals surface area contributed by atoms with Crippen LogP contribution in [-0.2, 0) is 22.0 Å². The normalized spacial score (nSPS) is 17.6. The third kappa shape index (κ3) is 4.10. The molecule has 0 fully saturated rings. The van der Waals surface area contributed by atoms with E-state index in [1.807, 2.05) is 23.9 Å². The summed E-state index contributed by atoms with van der Waals surface area (Å²) in [6.07, 6.45) is 1.80. The Labute approximate surface area is 204 Å². The van der Waals surface area contributed by atoms with Crippen LogP contribution in [0.4, 0.5) is 16.2 Å². The van der Waals surface area contributed by atoms with Crippen molar-refractivity contribution in [1.82, 2.24) is 4.90 Å². The van der Waals surface area contributed by atoms with Crippen LogP contribution in [0.25, 0.3) is 0 Å². The van der Waals surface area contributed by atoms with E-state index in [1.165, 1.54) is 22.3 Å². The van der Waals surface area contributed by atoms with E-state index in [-0.39, 0.29) is 28.7 Å². The van der Waals surface area contributed by atoms with Crippen molar-refractivity contribution in [3.63, 3.8) is 0 Å². The molecule has 1 atom stereocenters. The number of carbonyl (C=O) groups excluding carboxylic acids is 2. The molecule has 4 rings (SSSR count). The molecule has 34 heavy (non-hydrogen) atoms. The van der Waals surface area contributed by atoms with Crippen molar-refractivity contribution in [3.8, 4) is 0 Å². The summed E-state index contributed by atoms with van der Waals surface area (Å²) in [5, 5.41) is 0. The Balaban J connectivity index is 1.76. The molecule has 0 aromatic heterocycles. The molecule has 2 aliphatic heterocycles. The predicted octanol–water partition coefficient (Wildman–Crippen LogP) is 5.85. The van der Waals surface area contributed by atoms with E-state index in [0.29, 0.717) is 6.54 Å². The van der Waals surface area contributed by atoms with Gasteiger partial charge in [-0.15, -0.1) is 0 Å². The van der Waals surface area contributed by atoms with Gasteiger partial charge in [-0.05, 0) is 45.9 Å². The van der Waals surface area contributed by atoms with Crippen LogP contribution in [-0.4, -0.2) is 44.0 Å². The first-order chi connectivity index (χ1) is 15.8. The van der Waals surface area contributed by atoms with Crippen LogP contribution in [0.5, 0.6) is 0 Å². The number of nitrogens with zero attached hydrogens (tertiary/aromatic N) is 3. The second kappa shape index (κ2) is 8.44. The molecule has 1 unspecified atom stereocenters. The lowest BCUT2D eigenvalue weighted by atomic mass is 9.74. The van der Waals surface area contributed by atoms with Crippen LogP contribution in [0.2, 0.25) is 0 Å². The molecule has 0 radical (unpaired) electrons. The van der Waals surface area contributed by atoms with Crippen molar-refractivity contribution in [2.75, 3.05) is 37.0 Å². The quantitative estimate of drug-likeness (QED) is 0.576. The van der Waals surface area contributed by atoms with Gasteiger partial charge in [0.25, 0.3) is 0 Å². The molecule has 0 bridgehead atoms. The molecule has 0 saturated carbocycles. The summed E-state index contributed by atoms with van der Waals surface area (Å²) in [5.41, 5.74) is 6.90. The van der Waals surface area contributed by atoms with E-state index in [0.717, 1.165) is 30.8 Å². The third-order valence-electron chi connectivity index (χ3n) is 7.46. The highest BCUT2D eigenvalue weighted by atomic mass is 16.2. The van der Waals surface area contributed by atoms with Gasteiger partial charge in [0.2, 0.25) is 5.91 Å². The summed E-state index contributed by atoms with van der Waals surface area (Å²) in [6, 6.07) is 13.0. The van der Waals surface area contributed by atoms with E-state index in [1.54, 1.807) is 11.8 Å². The van der Waals surface area contributed by atoms with Crippen molar-refractivity contribution in [2.24, 2.45) is 0 Å². The molecule has 182 valence electrons. The number of para-hydroxylation sites is 2. The lowest BCUT2D eigenvalue weighted by Gasteiger charge is -2.33. The minimum atomic E-state index is -0.166. The van der Waals surface area contributed by atoms with E-state index in [9.17, 15) is 9.59 Å². The molecule has 3 amide bonds. The molecule has 2 aliphatic rings. The van der Waals surface area contributed by atoms with Gasteiger partial charge >= 0.3 is 6.03 Å². The zero-order valence-electron chi connectivity index (χ0n) is 22.0. The van der Waals surface area contributed by atoms with Gasteiger partial charge < -0.3 is 9.80 Å². The van der Waals surface area contributed by atoms with Crippen LogP contribution in [0, 0.1) is 0 Å². The number of fused-ring (bicyclic) bond motifs is 2. The number of amides is 3. The summed E-state index contributed by atoms with van der Waals surface area (Å²) >= 11 is 0. The van der Waals surface area contributed by atoms with Crippen molar-refractivity contribution in [1.29, 1.82) is 0 Å². The fourth-order valence-electron chi connectivity index (χ4n) is 5.84. The zero-order chi connectivity index (χ0) is 25.0. The molecule has 0 aliphatic carbocycles. The third-order valence-corrected chi connectivity index (χ3v) is 7.46. The van der Waals surface area contributed by atoms with Crippen LogP contribution in [0.15, 0.2) is 36.4 Å². The SMILES string of the molecule is CC(=O)N1CCc2cccc(C(C)(C)CC3CN(C(=O)N(C)C)c4c3cccc4C(C)(C)C)c21. The first-order valence-electron chi connectivity index (χ1n) is 12.4. The van der Waals surface area contributed by atoms with Crippen LogP contribution < -0.4 is 9.80 Å². The maximum absolute atomic E-state index is 13.2. The van der Waals surface area contributed by atoms with Crippen molar-refractivity contribution in [2.45, 2.75) is 71.1 Å². The van der Waals surface area contributed by atoms with Crippen molar-refractivity contribution >= 4 is 23.3 Å². The molecule has 2 aromatic rings. The van der Waals surface area contributed by atoms with E-state index in [2.05, 4.69) is 71.0 Å². The molecular formula is C29H39N3O2. The number of urea groups is 1. The van der Waals surface area contributed by atoms with Gasteiger partial charge in [-0.2, -0.15) is 0 Å². The minimum Gasteiger partial charge on any atom is -0.330 e. The predicted molar refractivity (Wildman–Crippen MR) is 140 cm³/mol. The van der Waals surface area contributed by atoms with Gasteiger partial charge in [-0.25, -0.2) is 4.79 Å². The number of rotatable bonds is 3. The number of anilines is 2. The van der Waals surface area contributed by atoms with Gasteiger partial charge in [0, 0.05) is 40.0 Å². The number of carbonyl (C=O) groups is 2. The first kappa shape index (κ1) is 24.3. The van der Waals surface area contributed by atoms with Gasteiger partial charge in [-0.3, -0.25) is 9.69 Å². The Hall–Kier alpha value is -2.82. The topological polar surface area (TPSA) is 43.9 Å². The van der Waals surface area contributed by atoms with E-state index >= 15 is 0 Å². The molecule has 2 aromatic carbocycles. The average molecular weight is 462 g/mol. The van der Waals surface area contributed by atoms with Gasteiger partial charge in [-0.1, -0.05) is 71.0 Å². The molecule has 2 heterocycles. The minimum absolute atomic E-state index is 0.0293. The van der Waals surface area contributed by atoms with Crippen molar-refractivity contribution < 1.29 is 9.59 Å². The summed E-state index contributed by atoms with van der Waals surface area (Å²) in [6.45, 7) is 14.3. The number of hydrogen-bond donors (Lipinski definition) is 0. The smallest absolute Gasteiger partial charge is 0.323 e. The largest absolute Gasteiger partial charge is 0.330 e. The van der Waals surface area contributed by atoms with Gasteiger partial charge in [0.1, 0.15) is 0 Å². The fourth-order valence-corrected chi connectivity index (χ4v) is 5.84. The summed E-state index contributed by atoms with van der Waals surface area (Å²) in [5.74, 6) is 0.324. The second-order valence-corrected chi connectivity index (χ2v) is 11.8. The molecule has 0 N–H and O–H groups in total. The summed E-state index contributed by atoms with van der Waals surface area (Å²) < 4.78 is 0. The Kier molecular flexibility index (Phi) is 6.03. The zero-order valence-corrected chi connectivity index (χ0v) is 22.0. The lowest BCUT2D eigenvalue weighted by Crippen LogP contribution is -2.40. The fraction of sp³-hybridized carbons (Fsp3) is 0.517. The van der Waals surface area contributed by atoms with Crippen LogP contribution >= 0.6 is 0 Å². The molecular weight excluding hydrogens is 422 g/mol. The van der Waals surface area contributed by atoms with E-state index in [4.69, 9.17) is 0 Å². The highest BCUT2D eigenvalue weighted by Crippen LogP contribution is 2.49. The Morgan fingerprint density at radius 3 is 2.21 bits per heavy atom. The van der Waals surface area contributed by atoms with Gasteiger partial charge in [0.15, 0.2) is 0 Å². The standard InChI is InChI=1S/C29H39N3O2/c1-19(33)31-16-15-20-11-9-14-24(25(20)31)29(5,6)17-21-18-32(27(34)30(7)8)26-22(21)12-10-13-23(26)28(2,3)4/h9-14,21H,15-18H2,1-8H3. The molecule has 5 nitrogen and oxygen atoms in total. The Morgan fingerprint density at radius 1 is 0.941 bits per heavy atom. The second-order valence-electron chi connectivity index (χ2n) is 11.8. The molecule has 0 spiro atoms. The van der Waals surface area contributed by atoms with Gasteiger partial charge in [0.05, 0.1) is 11.4 Å². The maximum Gasteiger partial charge on any atom is 0.323 e.